The van der Waals surface area contributed by atoms with Crippen LogP contribution in [0.25, 0.3) is 0 Å². The number of likely N-dealkylation sites (N-methyl/N-ethyl adjacent to an activating group) is 1. The Labute approximate surface area is 80.4 Å². The van der Waals surface area contributed by atoms with Gasteiger partial charge in [0, 0.05) is 12.7 Å². The van der Waals surface area contributed by atoms with Gasteiger partial charge >= 0.3 is 0 Å². The first-order valence-corrected chi connectivity index (χ1v) is 4.83. The predicted octanol–water partition coefficient (Wildman–Crippen LogP) is 2.87. The fourth-order valence-electron chi connectivity index (χ4n) is 2.37. The van der Waals surface area contributed by atoms with E-state index in [4.69, 9.17) is 0 Å². The molecule has 0 saturated carbocycles. The quantitative estimate of drug-likeness (QED) is 0.547. The summed E-state index contributed by atoms with van der Waals surface area (Å²) in [5.41, 5.74) is 7.37. The lowest BCUT2D eigenvalue weighted by molar-refractivity contribution is 0.404. The van der Waals surface area contributed by atoms with E-state index in [1.54, 1.807) is 0 Å². The van der Waals surface area contributed by atoms with E-state index in [-0.39, 0.29) is 0 Å². The largest absolute Gasteiger partial charge is 0.367 e. The Hall–Kier alpha value is -0.980. The highest BCUT2D eigenvalue weighted by Crippen LogP contribution is 2.40. The summed E-state index contributed by atoms with van der Waals surface area (Å²) in [5, 5.41) is 0. The second-order valence-corrected chi connectivity index (χ2v) is 4.19. The van der Waals surface area contributed by atoms with Crippen molar-refractivity contribution < 1.29 is 0 Å². The number of nitrogens with zero attached hydrogens (tertiary/aromatic N) is 1. The monoisotopic (exact) mass is 175 g/mol. The van der Waals surface area contributed by atoms with Crippen molar-refractivity contribution in [1.82, 2.24) is 4.90 Å². The Morgan fingerprint density at radius 1 is 1.08 bits per heavy atom. The summed E-state index contributed by atoms with van der Waals surface area (Å²) in [7, 11) is 2.18. The van der Waals surface area contributed by atoms with Crippen molar-refractivity contribution in [3.63, 3.8) is 0 Å². The molecule has 2 rings (SSSR count). The number of hydrogen-bond donors (Lipinski definition) is 0. The van der Waals surface area contributed by atoms with Gasteiger partial charge in [0.15, 0.2) is 0 Å². The number of fused-ring (bicyclic) bond motifs is 1. The molecule has 13 heavy (non-hydrogen) atoms. The lowest BCUT2D eigenvalue weighted by Crippen LogP contribution is -2.26. The van der Waals surface area contributed by atoms with E-state index in [1.807, 2.05) is 0 Å². The van der Waals surface area contributed by atoms with Crippen LogP contribution in [-0.4, -0.2) is 18.0 Å². The maximum absolute atomic E-state index is 2.37. The summed E-state index contributed by atoms with van der Waals surface area (Å²) in [5.74, 6) is 0. The highest BCUT2D eigenvalue weighted by molar-refractivity contribution is 5.57. The molecule has 1 nitrogen and oxygen atoms in total. The van der Waals surface area contributed by atoms with Gasteiger partial charge in [-0.1, -0.05) is 0 Å². The van der Waals surface area contributed by atoms with Gasteiger partial charge in [-0.2, -0.15) is 0 Å². The fraction of sp³-hybridized carbons (Fsp3) is 0.500. The number of rotatable bonds is 0. The first-order chi connectivity index (χ1) is 6.04. The molecule has 0 aromatic rings. The zero-order valence-electron chi connectivity index (χ0n) is 9.10. The summed E-state index contributed by atoms with van der Waals surface area (Å²) >= 11 is 0. The molecule has 1 aliphatic heterocycles. The molecule has 0 N–H and O–H groups in total. The average molecular weight is 175 g/mol. The molecule has 1 atom stereocenters. The standard InChI is InChI=1S/C12H17N/c1-7-6-11-9(3)8(2)10(4)12(11)13(7)5/h6,12H,1-5H3. The van der Waals surface area contributed by atoms with Crippen LogP contribution in [0.2, 0.25) is 0 Å². The Bertz CT molecular complexity index is 355. The highest BCUT2D eigenvalue weighted by atomic mass is 15.2. The summed E-state index contributed by atoms with van der Waals surface area (Å²) in [6.45, 7) is 8.89. The zero-order chi connectivity index (χ0) is 9.75. The number of hydrogen-bond acceptors (Lipinski definition) is 1. The molecule has 0 bridgehead atoms. The second kappa shape index (κ2) is 2.50. The minimum Gasteiger partial charge on any atom is -0.367 e. The number of allylic oxidation sites excluding steroid dienone is 3. The van der Waals surface area contributed by atoms with E-state index in [1.165, 1.54) is 28.0 Å². The van der Waals surface area contributed by atoms with E-state index >= 15 is 0 Å². The van der Waals surface area contributed by atoms with Crippen molar-refractivity contribution in [2.75, 3.05) is 7.05 Å². The molecule has 0 amide bonds. The molecule has 1 heteroatoms. The van der Waals surface area contributed by atoms with Crippen LogP contribution in [-0.2, 0) is 0 Å². The highest BCUT2D eigenvalue weighted by Gasteiger charge is 2.33. The van der Waals surface area contributed by atoms with Gasteiger partial charge in [-0.05, 0) is 56.1 Å². The molecule has 1 unspecified atom stereocenters. The Morgan fingerprint density at radius 3 is 2.23 bits per heavy atom. The molecule has 70 valence electrons. The van der Waals surface area contributed by atoms with E-state index in [9.17, 15) is 0 Å². The molecule has 2 aliphatic rings. The topological polar surface area (TPSA) is 3.24 Å². The minimum absolute atomic E-state index is 0.542. The normalized spacial score (nSPS) is 27.3. The van der Waals surface area contributed by atoms with Crippen LogP contribution < -0.4 is 0 Å². The summed E-state index contributed by atoms with van der Waals surface area (Å²) in [6, 6.07) is 0.542. The fourth-order valence-corrected chi connectivity index (χ4v) is 2.37. The van der Waals surface area contributed by atoms with Gasteiger partial charge in [0.05, 0.1) is 6.04 Å². The first kappa shape index (κ1) is 8.61. The van der Waals surface area contributed by atoms with Gasteiger partial charge in [-0.15, -0.1) is 0 Å². The lowest BCUT2D eigenvalue weighted by Gasteiger charge is -2.23. The molecular formula is C12H17N. The Kier molecular flexibility index (Phi) is 1.66. The van der Waals surface area contributed by atoms with Crippen LogP contribution in [0.5, 0.6) is 0 Å². The van der Waals surface area contributed by atoms with Gasteiger partial charge in [0.25, 0.3) is 0 Å². The van der Waals surface area contributed by atoms with E-state index in [0.29, 0.717) is 6.04 Å². The molecule has 0 spiro atoms. The van der Waals surface area contributed by atoms with Crippen molar-refractivity contribution in [3.05, 3.63) is 34.1 Å². The molecule has 0 saturated heterocycles. The Balaban J connectivity index is 2.54. The van der Waals surface area contributed by atoms with Gasteiger partial charge in [0.1, 0.15) is 0 Å². The molecule has 0 radical (unpaired) electrons. The molecule has 0 aromatic heterocycles. The van der Waals surface area contributed by atoms with Crippen molar-refractivity contribution in [1.29, 1.82) is 0 Å². The molecule has 1 heterocycles. The SMILES string of the molecule is CC1=CC2=C(C)C(C)=C(C)C2N1C. The van der Waals surface area contributed by atoms with Crippen molar-refractivity contribution in [2.45, 2.75) is 33.7 Å². The maximum atomic E-state index is 2.37. The minimum atomic E-state index is 0.542. The third kappa shape index (κ3) is 0.932. The van der Waals surface area contributed by atoms with E-state index in [2.05, 4.69) is 45.7 Å². The zero-order valence-corrected chi connectivity index (χ0v) is 9.10. The predicted molar refractivity (Wildman–Crippen MR) is 56.4 cm³/mol. The third-order valence-corrected chi connectivity index (χ3v) is 3.60. The van der Waals surface area contributed by atoms with Crippen molar-refractivity contribution >= 4 is 0 Å². The van der Waals surface area contributed by atoms with Crippen LogP contribution in [0.15, 0.2) is 34.1 Å². The van der Waals surface area contributed by atoms with Crippen LogP contribution in [0, 0.1) is 0 Å². The van der Waals surface area contributed by atoms with Gasteiger partial charge in [0.2, 0.25) is 0 Å². The molecule has 0 fully saturated rings. The molecular weight excluding hydrogens is 158 g/mol. The van der Waals surface area contributed by atoms with E-state index in [0.717, 1.165) is 0 Å². The third-order valence-electron chi connectivity index (χ3n) is 3.60. The molecule has 0 aromatic carbocycles. The van der Waals surface area contributed by atoms with E-state index < -0.39 is 0 Å². The van der Waals surface area contributed by atoms with Crippen molar-refractivity contribution in [2.24, 2.45) is 0 Å². The smallest absolute Gasteiger partial charge is 0.0755 e. The van der Waals surface area contributed by atoms with Crippen LogP contribution >= 0.6 is 0 Å². The van der Waals surface area contributed by atoms with Gasteiger partial charge in [-0.25, -0.2) is 0 Å². The first-order valence-electron chi connectivity index (χ1n) is 4.83. The molecule has 1 aliphatic carbocycles. The second-order valence-electron chi connectivity index (χ2n) is 4.19. The lowest BCUT2D eigenvalue weighted by atomic mass is 10.1. The van der Waals surface area contributed by atoms with Gasteiger partial charge < -0.3 is 4.90 Å². The van der Waals surface area contributed by atoms with Gasteiger partial charge in [-0.3, -0.25) is 0 Å². The van der Waals surface area contributed by atoms with Crippen molar-refractivity contribution in [3.8, 4) is 0 Å². The van der Waals surface area contributed by atoms with Crippen LogP contribution in [0.3, 0.4) is 0 Å². The summed E-state index contributed by atoms with van der Waals surface area (Å²) < 4.78 is 0. The summed E-state index contributed by atoms with van der Waals surface area (Å²) in [6.07, 6.45) is 2.32. The average Bonchev–Trinajstić information content (AvgIpc) is 2.48. The maximum Gasteiger partial charge on any atom is 0.0755 e. The van der Waals surface area contributed by atoms with Crippen LogP contribution in [0.4, 0.5) is 0 Å². The van der Waals surface area contributed by atoms with Crippen LogP contribution in [0.1, 0.15) is 27.7 Å². The Morgan fingerprint density at radius 2 is 1.69 bits per heavy atom. The summed E-state index contributed by atoms with van der Waals surface area (Å²) in [4.78, 5) is 2.37.